The minimum atomic E-state index is -0.383. The van der Waals surface area contributed by atoms with Crippen LogP contribution in [0.2, 0.25) is 0 Å². The third-order valence-electron chi connectivity index (χ3n) is 4.33. The molecule has 0 unspecified atom stereocenters. The third kappa shape index (κ3) is 4.14. The van der Waals surface area contributed by atoms with Gasteiger partial charge in [-0.3, -0.25) is 9.59 Å². The lowest BCUT2D eigenvalue weighted by Crippen LogP contribution is -2.22. The van der Waals surface area contributed by atoms with E-state index in [2.05, 4.69) is 11.1 Å². The van der Waals surface area contributed by atoms with Gasteiger partial charge in [0.15, 0.2) is 4.80 Å². The summed E-state index contributed by atoms with van der Waals surface area (Å²) in [7, 11) is 1.35. The van der Waals surface area contributed by atoms with Gasteiger partial charge in [-0.05, 0) is 61.6 Å². The normalized spacial score (nSPS) is 11.8. The maximum atomic E-state index is 12.7. The highest BCUT2D eigenvalue weighted by atomic mass is 32.2. The van der Waals surface area contributed by atoms with Crippen LogP contribution in [0, 0.1) is 13.8 Å². The van der Waals surface area contributed by atoms with Crippen LogP contribution in [0.25, 0.3) is 10.2 Å². The first kappa shape index (κ1) is 19.4. The fraction of sp³-hybridized carbons (Fsp3) is 0.250. The fourth-order valence-corrected chi connectivity index (χ4v) is 4.23. The van der Waals surface area contributed by atoms with Gasteiger partial charge in [0.25, 0.3) is 5.91 Å². The third-order valence-corrected chi connectivity index (χ3v) is 6.09. The van der Waals surface area contributed by atoms with Crippen LogP contribution in [0.15, 0.2) is 46.3 Å². The van der Waals surface area contributed by atoms with Gasteiger partial charge in [0.1, 0.15) is 6.54 Å². The van der Waals surface area contributed by atoms with Crippen molar-refractivity contribution in [1.29, 1.82) is 0 Å². The summed E-state index contributed by atoms with van der Waals surface area (Å²) < 4.78 is 7.54. The van der Waals surface area contributed by atoms with Crippen LogP contribution >= 0.6 is 23.1 Å². The molecular weight excluding hydrogens is 380 g/mol. The van der Waals surface area contributed by atoms with Crippen LogP contribution in [0.4, 0.5) is 0 Å². The molecule has 0 N–H and O–H groups in total. The lowest BCUT2D eigenvalue weighted by molar-refractivity contribution is -0.141. The van der Waals surface area contributed by atoms with Crippen molar-refractivity contribution in [2.45, 2.75) is 25.3 Å². The molecule has 7 heteroatoms. The highest BCUT2D eigenvalue weighted by molar-refractivity contribution is 7.98. The van der Waals surface area contributed by atoms with E-state index >= 15 is 0 Å². The summed E-state index contributed by atoms with van der Waals surface area (Å²) in [5.74, 6) is -0.712. The number of aryl methyl sites for hydroxylation is 2. The number of methoxy groups -OCH3 is 1. The first-order valence-electron chi connectivity index (χ1n) is 8.33. The number of nitrogens with zero attached hydrogens (tertiary/aromatic N) is 2. The molecule has 0 fully saturated rings. The molecule has 0 bridgehead atoms. The lowest BCUT2D eigenvalue weighted by atomic mass is 10.1. The zero-order valence-corrected chi connectivity index (χ0v) is 17.2. The molecule has 2 aromatic carbocycles. The summed E-state index contributed by atoms with van der Waals surface area (Å²) >= 11 is 2.97. The number of rotatable bonds is 4. The van der Waals surface area contributed by atoms with Gasteiger partial charge in [-0.25, -0.2) is 0 Å². The Hall–Kier alpha value is -2.38. The summed E-state index contributed by atoms with van der Waals surface area (Å²) in [6.45, 7) is 4.07. The summed E-state index contributed by atoms with van der Waals surface area (Å²) in [6, 6.07) is 11.4. The second-order valence-electron chi connectivity index (χ2n) is 6.10. The first-order valence-corrected chi connectivity index (χ1v) is 10.4. The number of esters is 1. The highest BCUT2D eigenvalue weighted by Crippen LogP contribution is 2.22. The highest BCUT2D eigenvalue weighted by Gasteiger charge is 2.13. The number of hydrogen-bond donors (Lipinski definition) is 0. The van der Waals surface area contributed by atoms with Crippen LogP contribution in [0.5, 0.6) is 0 Å². The van der Waals surface area contributed by atoms with E-state index in [4.69, 9.17) is 4.74 Å². The van der Waals surface area contributed by atoms with Gasteiger partial charge in [0, 0.05) is 10.5 Å². The summed E-state index contributed by atoms with van der Waals surface area (Å²) in [4.78, 5) is 30.4. The second kappa shape index (κ2) is 8.10. The number of thiazole rings is 1. The maximum Gasteiger partial charge on any atom is 0.325 e. The molecule has 3 aromatic rings. The Balaban J connectivity index is 2.16. The largest absolute Gasteiger partial charge is 0.468 e. The van der Waals surface area contributed by atoms with Gasteiger partial charge in [0.2, 0.25) is 0 Å². The molecule has 1 aromatic heterocycles. The minimum absolute atomic E-state index is 0.00989. The van der Waals surface area contributed by atoms with Gasteiger partial charge < -0.3 is 9.30 Å². The second-order valence-corrected chi connectivity index (χ2v) is 7.99. The molecule has 0 saturated heterocycles. The molecule has 140 valence electrons. The minimum Gasteiger partial charge on any atom is -0.468 e. The number of carbonyl (C=O) groups excluding carboxylic acids is 2. The van der Waals surface area contributed by atoms with Crippen molar-refractivity contribution in [1.82, 2.24) is 4.57 Å². The van der Waals surface area contributed by atoms with Crippen molar-refractivity contribution in [3.05, 3.63) is 57.9 Å². The van der Waals surface area contributed by atoms with Gasteiger partial charge >= 0.3 is 5.97 Å². The Morgan fingerprint density at radius 1 is 1.19 bits per heavy atom. The van der Waals surface area contributed by atoms with Crippen LogP contribution < -0.4 is 4.80 Å². The van der Waals surface area contributed by atoms with E-state index in [1.165, 1.54) is 18.4 Å². The van der Waals surface area contributed by atoms with Crippen molar-refractivity contribution in [3.63, 3.8) is 0 Å². The zero-order valence-electron chi connectivity index (χ0n) is 15.6. The smallest absolute Gasteiger partial charge is 0.325 e. The number of ether oxygens (including phenoxy) is 1. The maximum absolute atomic E-state index is 12.7. The number of fused-ring (bicyclic) bond motifs is 1. The molecule has 0 aliphatic heterocycles. The first-order chi connectivity index (χ1) is 12.9. The predicted molar refractivity (Wildman–Crippen MR) is 109 cm³/mol. The summed E-state index contributed by atoms with van der Waals surface area (Å²) in [5, 5.41) is 0. The van der Waals surface area contributed by atoms with Gasteiger partial charge in [-0.15, -0.1) is 11.8 Å². The Morgan fingerprint density at radius 3 is 2.63 bits per heavy atom. The molecule has 5 nitrogen and oxygen atoms in total. The monoisotopic (exact) mass is 400 g/mol. The van der Waals surface area contributed by atoms with Crippen molar-refractivity contribution >= 4 is 45.2 Å². The average Bonchev–Trinajstić information content (AvgIpc) is 2.98. The number of hydrogen-bond acceptors (Lipinski definition) is 5. The number of thioether (sulfide) groups is 1. The molecule has 27 heavy (non-hydrogen) atoms. The zero-order chi connectivity index (χ0) is 19.6. The Labute approximate surface area is 165 Å². The van der Waals surface area contributed by atoms with E-state index in [9.17, 15) is 9.59 Å². The Bertz CT molecular complexity index is 1100. The van der Waals surface area contributed by atoms with Crippen molar-refractivity contribution in [2.24, 2.45) is 4.99 Å². The number of amides is 1. The lowest BCUT2D eigenvalue weighted by Gasteiger charge is -2.05. The molecule has 1 heterocycles. The Morgan fingerprint density at radius 2 is 1.93 bits per heavy atom. The molecule has 0 saturated carbocycles. The molecule has 3 rings (SSSR count). The van der Waals surface area contributed by atoms with E-state index in [0.717, 1.165) is 26.2 Å². The molecule has 0 spiro atoms. The van der Waals surface area contributed by atoms with E-state index in [-0.39, 0.29) is 18.4 Å². The van der Waals surface area contributed by atoms with Crippen molar-refractivity contribution in [2.75, 3.05) is 13.4 Å². The van der Waals surface area contributed by atoms with Crippen molar-refractivity contribution in [3.8, 4) is 0 Å². The molecule has 0 aliphatic carbocycles. The molecule has 0 radical (unpaired) electrons. The number of benzene rings is 2. The predicted octanol–water partition coefficient (Wildman–Crippen LogP) is 3.96. The van der Waals surface area contributed by atoms with Gasteiger partial charge in [-0.1, -0.05) is 17.4 Å². The molecule has 0 aliphatic rings. The van der Waals surface area contributed by atoms with E-state index in [1.807, 2.05) is 44.4 Å². The number of aromatic nitrogens is 1. The van der Waals surface area contributed by atoms with Gasteiger partial charge in [-0.2, -0.15) is 4.99 Å². The number of carbonyl (C=O) groups is 2. The standard InChI is InChI=1S/C20H20N2O3S2/c1-12-8-16-17(9-13(12)2)27-20(22(16)11-18(23)25-3)21-19(24)14-6-5-7-15(10-14)26-4/h5-10H,11H2,1-4H3. The summed E-state index contributed by atoms with van der Waals surface area (Å²) in [5.41, 5.74) is 3.66. The fourth-order valence-electron chi connectivity index (χ4n) is 2.66. The van der Waals surface area contributed by atoms with Crippen molar-refractivity contribution < 1.29 is 14.3 Å². The Kier molecular flexibility index (Phi) is 5.82. The molecule has 1 amide bonds. The van der Waals surface area contributed by atoms with Gasteiger partial charge in [0.05, 0.1) is 17.3 Å². The van der Waals surface area contributed by atoms with E-state index in [0.29, 0.717) is 10.4 Å². The topological polar surface area (TPSA) is 60.7 Å². The summed E-state index contributed by atoms with van der Waals surface area (Å²) in [6.07, 6.45) is 1.96. The van der Waals surface area contributed by atoms with E-state index in [1.54, 1.807) is 22.4 Å². The van der Waals surface area contributed by atoms with Crippen LogP contribution in [0.3, 0.4) is 0 Å². The average molecular weight is 401 g/mol. The SMILES string of the molecule is COC(=O)Cn1c(=NC(=O)c2cccc(SC)c2)sc2cc(C)c(C)cc21. The van der Waals surface area contributed by atoms with Crippen LogP contribution in [-0.4, -0.2) is 29.8 Å². The van der Waals surface area contributed by atoms with E-state index < -0.39 is 0 Å². The van der Waals surface area contributed by atoms with Crippen LogP contribution in [-0.2, 0) is 16.1 Å². The van der Waals surface area contributed by atoms with Crippen LogP contribution in [0.1, 0.15) is 21.5 Å². The quantitative estimate of drug-likeness (QED) is 0.491. The molecule has 0 atom stereocenters. The molecular formula is C20H20N2O3S2.